The van der Waals surface area contributed by atoms with Gasteiger partial charge in [0.2, 0.25) is 5.91 Å². The summed E-state index contributed by atoms with van der Waals surface area (Å²) in [6.07, 6.45) is 5.11. The molecule has 0 aliphatic carbocycles. The van der Waals surface area contributed by atoms with E-state index in [0.29, 0.717) is 30.4 Å². The Morgan fingerprint density at radius 2 is 2.03 bits per heavy atom. The standard InChI is InChI=1S/C22H31N7O2/c1-3-4-12-31-22-25-20(23)17-13-19(30)29(21(17)26-22)15-16-6-7-18(24-14-16)28-9-5-8-27(2)10-11-28/h6-7,14H,3-5,8-13,15H2,1-2H3,(H2,23,25,26). The lowest BCUT2D eigenvalue weighted by Crippen LogP contribution is -2.29. The number of ether oxygens (including phenoxy) is 1. The van der Waals surface area contributed by atoms with Crippen molar-refractivity contribution in [2.45, 2.75) is 39.2 Å². The summed E-state index contributed by atoms with van der Waals surface area (Å²) in [7, 11) is 2.15. The van der Waals surface area contributed by atoms with Gasteiger partial charge >= 0.3 is 6.01 Å². The Kier molecular flexibility index (Phi) is 6.50. The van der Waals surface area contributed by atoms with Gasteiger partial charge in [-0.1, -0.05) is 19.4 Å². The van der Waals surface area contributed by atoms with Gasteiger partial charge in [-0.15, -0.1) is 0 Å². The molecular formula is C22H31N7O2. The van der Waals surface area contributed by atoms with E-state index in [1.165, 1.54) is 0 Å². The second kappa shape index (κ2) is 9.47. The van der Waals surface area contributed by atoms with Crippen molar-refractivity contribution in [3.8, 4) is 6.01 Å². The molecule has 9 nitrogen and oxygen atoms in total. The lowest BCUT2D eigenvalue weighted by atomic mass is 10.2. The highest BCUT2D eigenvalue weighted by Crippen LogP contribution is 2.33. The summed E-state index contributed by atoms with van der Waals surface area (Å²) < 4.78 is 5.63. The van der Waals surface area contributed by atoms with E-state index in [4.69, 9.17) is 10.5 Å². The zero-order valence-corrected chi connectivity index (χ0v) is 18.4. The number of likely N-dealkylation sites (N-methyl/N-ethyl adjacent to an activating group) is 1. The van der Waals surface area contributed by atoms with Crippen LogP contribution >= 0.6 is 0 Å². The van der Waals surface area contributed by atoms with Gasteiger partial charge in [0.15, 0.2) is 0 Å². The molecule has 0 aromatic carbocycles. The van der Waals surface area contributed by atoms with Gasteiger partial charge in [-0.05, 0) is 38.1 Å². The molecule has 2 aliphatic rings. The number of nitrogens with two attached hydrogens (primary N) is 1. The second-order valence-corrected chi connectivity index (χ2v) is 8.22. The van der Waals surface area contributed by atoms with E-state index in [-0.39, 0.29) is 18.3 Å². The summed E-state index contributed by atoms with van der Waals surface area (Å²) in [4.78, 5) is 32.3. The molecule has 0 bridgehead atoms. The zero-order chi connectivity index (χ0) is 21.8. The highest BCUT2D eigenvalue weighted by atomic mass is 16.5. The van der Waals surface area contributed by atoms with Crippen LogP contribution in [0.25, 0.3) is 0 Å². The molecule has 0 spiro atoms. The van der Waals surface area contributed by atoms with Gasteiger partial charge in [0.05, 0.1) is 19.6 Å². The minimum atomic E-state index is -0.0404. The van der Waals surface area contributed by atoms with Crippen LogP contribution in [-0.4, -0.2) is 65.6 Å². The Bertz CT molecular complexity index is 919. The third kappa shape index (κ3) is 4.87. The van der Waals surface area contributed by atoms with Crippen molar-refractivity contribution in [1.82, 2.24) is 19.9 Å². The molecule has 31 heavy (non-hydrogen) atoms. The van der Waals surface area contributed by atoms with E-state index < -0.39 is 0 Å². The van der Waals surface area contributed by atoms with Crippen LogP contribution in [0.4, 0.5) is 17.5 Å². The van der Waals surface area contributed by atoms with Crippen LogP contribution in [0.5, 0.6) is 6.01 Å². The first-order chi connectivity index (χ1) is 15.0. The molecule has 0 radical (unpaired) electrons. The molecule has 0 saturated carbocycles. The molecule has 1 fully saturated rings. The van der Waals surface area contributed by atoms with Gasteiger partial charge in [-0.2, -0.15) is 9.97 Å². The average molecular weight is 426 g/mol. The van der Waals surface area contributed by atoms with E-state index in [9.17, 15) is 4.79 Å². The zero-order valence-electron chi connectivity index (χ0n) is 18.4. The minimum absolute atomic E-state index is 0.0404. The van der Waals surface area contributed by atoms with Crippen molar-refractivity contribution in [3.05, 3.63) is 29.5 Å². The maximum atomic E-state index is 12.7. The van der Waals surface area contributed by atoms with Crippen LogP contribution in [0.3, 0.4) is 0 Å². The number of carbonyl (C=O) groups is 1. The third-order valence-corrected chi connectivity index (χ3v) is 5.80. The van der Waals surface area contributed by atoms with Crippen LogP contribution in [0.2, 0.25) is 0 Å². The normalized spacial score (nSPS) is 17.0. The average Bonchev–Trinajstić information content (AvgIpc) is 2.92. The molecule has 9 heteroatoms. The minimum Gasteiger partial charge on any atom is -0.463 e. The fourth-order valence-corrected chi connectivity index (χ4v) is 3.92. The molecule has 166 valence electrons. The number of pyridine rings is 1. The summed E-state index contributed by atoms with van der Waals surface area (Å²) in [5.74, 6) is 1.79. The van der Waals surface area contributed by atoms with E-state index in [2.05, 4.69) is 38.7 Å². The van der Waals surface area contributed by atoms with Gasteiger partial charge in [-0.3, -0.25) is 9.69 Å². The first-order valence-electron chi connectivity index (χ1n) is 11.0. The van der Waals surface area contributed by atoms with E-state index in [1.54, 1.807) is 4.90 Å². The largest absolute Gasteiger partial charge is 0.463 e. The predicted octanol–water partition coefficient (Wildman–Crippen LogP) is 1.86. The fourth-order valence-electron chi connectivity index (χ4n) is 3.92. The summed E-state index contributed by atoms with van der Waals surface area (Å²) >= 11 is 0. The van der Waals surface area contributed by atoms with Crippen molar-refractivity contribution in [2.24, 2.45) is 0 Å². The van der Waals surface area contributed by atoms with Crippen LogP contribution in [0.15, 0.2) is 18.3 Å². The van der Waals surface area contributed by atoms with E-state index in [0.717, 1.165) is 56.8 Å². The maximum absolute atomic E-state index is 12.7. The van der Waals surface area contributed by atoms with Gasteiger partial charge < -0.3 is 20.3 Å². The van der Waals surface area contributed by atoms with Gasteiger partial charge in [0.25, 0.3) is 0 Å². The first kappa shape index (κ1) is 21.3. The van der Waals surface area contributed by atoms with Crippen molar-refractivity contribution < 1.29 is 9.53 Å². The molecule has 2 aliphatic heterocycles. The number of nitrogens with zero attached hydrogens (tertiary/aromatic N) is 6. The van der Waals surface area contributed by atoms with Crippen LogP contribution in [0, 0.1) is 0 Å². The molecule has 2 aromatic rings. The lowest BCUT2D eigenvalue weighted by molar-refractivity contribution is -0.117. The van der Waals surface area contributed by atoms with E-state index >= 15 is 0 Å². The number of nitrogen functional groups attached to an aromatic ring is 1. The lowest BCUT2D eigenvalue weighted by Gasteiger charge is -2.22. The Hall–Kier alpha value is -2.94. The molecule has 0 unspecified atom stereocenters. The Labute approximate surface area is 183 Å². The quantitative estimate of drug-likeness (QED) is 0.671. The second-order valence-electron chi connectivity index (χ2n) is 8.22. The topological polar surface area (TPSA) is 101 Å². The first-order valence-corrected chi connectivity index (χ1v) is 11.0. The van der Waals surface area contributed by atoms with Gasteiger partial charge in [0.1, 0.15) is 17.5 Å². The van der Waals surface area contributed by atoms with Crippen LogP contribution in [0.1, 0.15) is 37.3 Å². The highest BCUT2D eigenvalue weighted by molar-refractivity contribution is 6.01. The molecule has 4 rings (SSSR count). The van der Waals surface area contributed by atoms with Crippen molar-refractivity contribution in [1.29, 1.82) is 0 Å². The number of carbonyl (C=O) groups excluding carboxylic acids is 1. The summed E-state index contributed by atoms with van der Waals surface area (Å²) in [5.41, 5.74) is 7.71. The number of hydrogen-bond acceptors (Lipinski definition) is 8. The molecule has 2 N–H and O–H groups in total. The van der Waals surface area contributed by atoms with Crippen molar-refractivity contribution in [3.63, 3.8) is 0 Å². The van der Waals surface area contributed by atoms with E-state index in [1.807, 2.05) is 18.3 Å². The molecule has 0 atom stereocenters. The van der Waals surface area contributed by atoms with Gasteiger partial charge in [0, 0.05) is 31.4 Å². The third-order valence-electron chi connectivity index (χ3n) is 5.80. The Morgan fingerprint density at radius 1 is 1.16 bits per heavy atom. The number of anilines is 3. The fraction of sp³-hybridized carbons (Fsp3) is 0.545. The van der Waals surface area contributed by atoms with Crippen LogP contribution < -0.4 is 20.3 Å². The summed E-state index contributed by atoms with van der Waals surface area (Å²) in [6, 6.07) is 4.30. The summed E-state index contributed by atoms with van der Waals surface area (Å²) in [5, 5.41) is 0. The Morgan fingerprint density at radius 3 is 2.81 bits per heavy atom. The van der Waals surface area contributed by atoms with Gasteiger partial charge in [-0.25, -0.2) is 4.98 Å². The van der Waals surface area contributed by atoms with Crippen LogP contribution in [-0.2, 0) is 17.8 Å². The monoisotopic (exact) mass is 425 g/mol. The maximum Gasteiger partial charge on any atom is 0.320 e. The number of fused-ring (bicyclic) bond motifs is 1. The molecule has 1 saturated heterocycles. The SMILES string of the molecule is CCCCOc1nc(N)c2c(n1)N(Cc1ccc(N3CCCN(C)CC3)nc1)C(=O)C2. The smallest absolute Gasteiger partial charge is 0.320 e. The molecule has 4 heterocycles. The highest BCUT2D eigenvalue weighted by Gasteiger charge is 2.32. The van der Waals surface area contributed by atoms with Crippen molar-refractivity contribution >= 4 is 23.4 Å². The number of rotatable bonds is 7. The molecular weight excluding hydrogens is 394 g/mol. The number of unbranched alkanes of at least 4 members (excludes halogenated alkanes) is 1. The Balaban J connectivity index is 1.48. The number of amides is 1. The number of aromatic nitrogens is 3. The summed E-state index contributed by atoms with van der Waals surface area (Å²) in [6.45, 7) is 7.13. The number of hydrogen-bond donors (Lipinski definition) is 1. The molecule has 1 amide bonds. The van der Waals surface area contributed by atoms with Crippen molar-refractivity contribution in [2.75, 3.05) is 55.4 Å². The predicted molar refractivity (Wildman–Crippen MR) is 120 cm³/mol. The molecule has 2 aromatic heterocycles.